The Morgan fingerprint density at radius 3 is 2.13 bits per heavy atom. The molecule has 118 valence electrons. The van der Waals surface area contributed by atoms with Gasteiger partial charge >= 0.3 is 5.97 Å². The van der Waals surface area contributed by atoms with E-state index in [9.17, 15) is 14.9 Å². The van der Waals surface area contributed by atoms with Crippen LogP contribution in [0.25, 0.3) is 0 Å². The fourth-order valence-electron chi connectivity index (χ4n) is 3.17. The third-order valence-electron chi connectivity index (χ3n) is 4.25. The highest BCUT2D eigenvalue weighted by molar-refractivity contribution is 5.80. The topological polar surface area (TPSA) is 69.4 Å². The molecule has 0 spiro atoms. The maximum absolute atomic E-state index is 12.2. The molecule has 2 aromatic rings. The Hall–Kier alpha value is -2.69. The van der Waals surface area contributed by atoms with Gasteiger partial charge in [-0.15, -0.1) is 0 Å². The third-order valence-corrected chi connectivity index (χ3v) is 4.25. The molecule has 1 saturated carbocycles. The van der Waals surface area contributed by atoms with Crippen molar-refractivity contribution in [2.24, 2.45) is 5.92 Å². The Kier molecular flexibility index (Phi) is 4.10. The Morgan fingerprint density at radius 1 is 1.04 bits per heavy atom. The number of hydrogen-bond donors (Lipinski definition) is 0. The molecule has 3 unspecified atom stereocenters. The van der Waals surface area contributed by atoms with E-state index < -0.39 is 4.92 Å². The Labute approximate surface area is 134 Å². The predicted octanol–water partition coefficient (Wildman–Crippen LogP) is 3.66. The molecule has 2 aromatic carbocycles. The molecule has 0 aromatic heterocycles. The average molecular weight is 311 g/mol. The third kappa shape index (κ3) is 2.95. The Balaban J connectivity index is 1.89. The average Bonchev–Trinajstić information content (AvgIpc) is 3.31. The van der Waals surface area contributed by atoms with E-state index in [1.165, 1.54) is 12.1 Å². The van der Waals surface area contributed by atoms with E-state index in [-0.39, 0.29) is 29.4 Å². The van der Waals surface area contributed by atoms with Gasteiger partial charge in [-0.2, -0.15) is 0 Å². The minimum Gasteiger partial charge on any atom is -0.466 e. The molecule has 0 aliphatic heterocycles. The largest absolute Gasteiger partial charge is 0.466 e. The van der Waals surface area contributed by atoms with Crippen LogP contribution in [0.15, 0.2) is 54.6 Å². The van der Waals surface area contributed by atoms with Crippen molar-refractivity contribution in [2.45, 2.75) is 18.8 Å². The number of carbonyl (C=O) groups is 1. The summed E-state index contributed by atoms with van der Waals surface area (Å²) in [7, 11) is 0. The molecule has 0 radical (unpaired) electrons. The van der Waals surface area contributed by atoms with Gasteiger partial charge in [0.2, 0.25) is 0 Å². The van der Waals surface area contributed by atoms with Crippen LogP contribution in [-0.2, 0) is 9.53 Å². The highest BCUT2D eigenvalue weighted by atomic mass is 16.6. The number of esters is 1. The first-order valence-electron chi connectivity index (χ1n) is 7.59. The lowest BCUT2D eigenvalue weighted by atomic mass is 10.0. The van der Waals surface area contributed by atoms with Crippen molar-refractivity contribution in [1.82, 2.24) is 0 Å². The van der Waals surface area contributed by atoms with E-state index in [1.807, 2.05) is 30.3 Å². The summed E-state index contributed by atoms with van der Waals surface area (Å²) in [6, 6.07) is 16.3. The van der Waals surface area contributed by atoms with Crippen LogP contribution in [0, 0.1) is 16.0 Å². The van der Waals surface area contributed by atoms with Crippen LogP contribution in [0.2, 0.25) is 0 Å². The SMILES string of the molecule is CCOC(=O)C1C(c2ccccc2)C1c1ccc([N+](=O)[O-])cc1. The van der Waals surface area contributed by atoms with Crippen LogP contribution in [0.4, 0.5) is 5.69 Å². The van der Waals surface area contributed by atoms with Gasteiger partial charge in [-0.1, -0.05) is 42.5 Å². The standard InChI is InChI=1S/C18H17NO4/c1-2-23-18(20)17-15(12-6-4-3-5-7-12)16(17)13-8-10-14(11-9-13)19(21)22/h3-11,15-17H,2H2,1H3. The van der Waals surface area contributed by atoms with E-state index in [2.05, 4.69) is 0 Å². The second-order valence-electron chi connectivity index (χ2n) is 5.59. The number of nitro benzene ring substituents is 1. The van der Waals surface area contributed by atoms with E-state index >= 15 is 0 Å². The molecular weight excluding hydrogens is 294 g/mol. The predicted molar refractivity (Wildman–Crippen MR) is 85.1 cm³/mol. The maximum atomic E-state index is 12.2. The molecule has 0 bridgehead atoms. The number of hydrogen-bond acceptors (Lipinski definition) is 4. The van der Waals surface area contributed by atoms with Gasteiger partial charge in [0.05, 0.1) is 17.4 Å². The van der Waals surface area contributed by atoms with Gasteiger partial charge in [0.1, 0.15) is 0 Å². The van der Waals surface area contributed by atoms with Crippen LogP contribution < -0.4 is 0 Å². The van der Waals surface area contributed by atoms with E-state index in [4.69, 9.17) is 4.74 Å². The zero-order chi connectivity index (χ0) is 16.4. The zero-order valence-electron chi connectivity index (χ0n) is 12.7. The smallest absolute Gasteiger partial charge is 0.310 e. The molecule has 1 aliphatic carbocycles. The highest BCUT2D eigenvalue weighted by Gasteiger charge is 2.57. The number of rotatable bonds is 5. The normalized spacial score (nSPS) is 22.4. The van der Waals surface area contributed by atoms with Crippen molar-refractivity contribution in [2.75, 3.05) is 6.61 Å². The Morgan fingerprint density at radius 2 is 1.61 bits per heavy atom. The minimum atomic E-state index is -0.422. The van der Waals surface area contributed by atoms with Crippen molar-refractivity contribution in [3.63, 3.8) is 0 Å². The summed E-state index contributed by atoms with van der Waals surface area (Å²) < 4.78 is 5.18. The van der Waals surface area contributed by atoms with Crippen molar-refractivity contribution in [1.29, 1.82) is 0 Å². The molecular formula is C18H17NO4. The summed E-state index contributed by atoms with van der Waals surface area (Å²) in [6.07, 6.45) is 0. The van der Waals surface area contributed by atoms with Gasteiger partial charge < -0.3 is 4.74 Å². The summed E-state index contributed by atoms with van der Waals surface area (Å²) in [4.78, 5) is 22.6. The monoisotopic (exact) mass is 311 g/mol. The zero-order valence-corrected chi connectivity index (χ0v) is 12.7. The first-order valence-corrected chi connectivity index (χ1v) is 7.59. The summed E-state index contributed by atoms with van der Waals surface area (Å²) in [5, 5.41) is 10.8. The van der Waals surface area contributed by atoms with Crippen molar-refractivity contribution < 1.29 is 14.5 Å². The fraction of sp³-hybridized carbons (Fsp3) is 0.278. The van der Waals surface area contributed by atoms with Gasteiger partial charge in [0, 0.05) is 24.0 Å². The quantitative estimate of drug-likeness (QED) is 0.480. The first kappa shape index (κ1) is 15.2. The molecule has 1 fully saturated rings. The Bertz CT molecular complexity index is 712. The molecule has 3 rings (SSSR count). The van der Waals surface area contributed by atoms with Crippen LogP contribution in [0.3, 0.4) is 0 Å². The second kappa shape index (κ2) is 6.20. The van der Waals surface area contributed by atoms with E-state index in [0.717, 1.165) is 11.1 Å². The number of nitrogens with zero attached hydrogens (tertiary/aromatic N) is 1. The number of ether oxygens (including phenoxy) is 1. The molecule has 5 heteroatoms. The van der Waals surface area contributed by atoms with E-state index in [0.29, 0.717) is 6.61 Å². The lowest BCUT2D eigenvalue weighted by Gasteiger charge is -2.01. The van der Waals surface area contributed by atoms with Gasteiger partial charge in [0.15, 0.2) is 0 Å². The van der Waals surface area contributed by atoms with Gasteiger partial charge in [-0.25, -0.2) is 0 Å². The van der Waals surface area contributed by atoms with Gasteiger partial charge in [0.25, 0.3) is 5.69 Å². The lowest BCUT2D eigenvalue weighted by molar-refractivity contribution is -0.384. The number of carbonyl (C=O) groups excluding carboxylic acids is 1. The van der Waals surface area contributed by atoms with Crippen LogP contribution in [0.1, 0.15) is 29.9 Å². The molecule has 3 atom stereocenters. The molecule has 0 saturated heterocycles. The molecule has 0 amide bonds. The molecule has 1 aliphatic rings. The molecule has 0 heterocycles. The van der Waals surface area contributed by atoms with Crippen LogP contribution in [0.5, 0.6) is 0 Å². The van der Waals surface area contributed by atoms with Gasteiger partial charge in [-0.3, -0.25) is 14.9 Å². The second-order valence-corrected chi connectivity index (χ2v) is 5.59. The summed E-state index contributed by atoms with van der Waals surface area (Å²) in [5.41, 5.74) is 2.08. The van der Waals surface area contributed by atoms with Crippen molar-refractivity contribution in [3.8, 4) is 0 Å². The molecule has 0 N–H and O–H groups in total. The minimum absolute atomic E-state index is 0.0113. The number of non-ortho nitro benzene ring substituents is 1. The highest BCUT2D eigenvalue weighted by Crippen LogP contribution is 2.61. The van der Waals surface area contributed by atoms with Crippen LogP contribution >= 0.6 is 0 Å². The molecule has 5 nitrogen and oxygen atoms in total. The number of nitro groups is 1. The van der Waals surface area contributed by atoms with Crippen molar-refractivity contribution in [3.05, 3.63) is 75.8 Å². The lowest BCUT2D eigenvalue weighted by Crippen LogP contribution is -2.08. The summed E-state index contributed by atoms with van der Waals surface area (Å²) in [5.74, 6) is -0.350. The van der Waals surface area contributed by atoms with E-state index in [1.54, 1.807) is 19.1 Å². The van der Waals surface area contributed by atoms with Crippen LogP contribution in [-0.4, -0.2) is 17.5 Å². The fourth-order valence-corrected chi connectivity index (χ4v) is 3.17. The first-order chi connectivity index (χ1) is 11.1. The number of benzene rings is 2. The maximum Gasteiger partial charge on any atom is 0.310 e. The molecule has 23 heavy (non-hydrogen) atoms. The summed E-state index contributed by atoms with van der Waals surface area (Å²) >= 11 is 0. The van der Waals surface area contributed by atoms with Gasteiger partial charge in [-0.05, 0) is 18.1 Å². The summed E-state index contributed by atoms with van der Waals surface area (Å²) in [6.45, 7) is 2.14. The van der Waals surface area contributed by atoms with Crippen molar-refractivity contribution >= 4 is 11.7 Å².